The van der Waals surface area contributed by atoms with Gasteiger partial charge in [-0.25, -0.2) is 4.98 Å². The van der Waals surface area contributed by atoms with E-state index in [2.05, 4.69) is 10.3 Å². The molecule has 0 bridgehead atoms. The van der Waals surface area contributed by atoms with Crippen molar-refractivity contribution in [1.29, 1.82) is 5.26 Å². The molecule has 1 atom stereocenters. The van der Waals surface area contributed by atoms with Crippen molar-refractivity contribution >= 4 is 23.1 Å². The molecule has 1 aromatic heterocycles. The van der Waals surface area contributed by atoms with Crippen LogP contribution in [-0.2, 0) is 4.79 Å². The Hall–Kier alpha value is -2.39. The molecule has 1 aliphatic heterocycles. The van der Waals surface area contributed by atoms with E-state index in [4.69, 9.17) is 5.26 Å². The number of hydrogen-bond donors (Lipinski definition) is 1. The lowest BCUT2D eigenvalue weighted by Crippen LogP contribution is -2.43. The number of amides is 1. The predicted molar refractivity (Wildman–Crippen MR) is 86.5 cm³/mol. The Kier molecular flexibility index (Phi) is 4.35. The van der Waals surface area contributed by atoms with Crippen molar-refractivity contribution in [2.75, 3.05) is 18.0 Å². The Morgan fingerprint density at radius 2 is 2.27 bits per heavy atom. The topological polar surface area (TPSA) is 69.0 Å². The van der Waals surface area contributed by atoms with Crippen molar-refractivity contribution in [3.63, 3.8) is 0 Å². The summed E-state index contributed by atoms with van der Waals surface area (Å²) in [6.07, 6.45) is 1.76. The summed E-state index contributed by atoms with van der Waals surface area (Å²) in [5.74, 6) is 0.756. The van der Waals surface area contributed by atoms with Gasteiger partial charge in [0.2, 0.25) is 5.91 Å². The molecule has 0 radical (unpaired) electrons. The van der Waals surface area contributed by atoms with Crippen LogP contribution in [0.3, 0.4) is 0 Å². The van der Waals surface area contributed by atoms with E-state index < -0.39 is 0 Å². The monoisotopic (exact) mass is 312 g/mol. The second-order valence-electron chi connectivity index (χ2n) is 5.10. The zero-order valence-electron chi connectivity index (χ0n) is 12.0. The molecular weight excluding hydrogens is 296 g/mol. The van der Waals surface area contributed by atoms with Crippen molar-refractivity contribution in [3.05, 3.63) is 35.7 Å². The Bertz CT molecular complexity index is 692. The molecule has 6 heteroatoms. The highest BCUT2D eigenvalue weighted by Crippen LogP contribution is 2.31. The first-order valence-electron chi connectivity index (χ1n) is 7.22. The highest BCUT2D eigenvalue weighted by molar-refractivity contribution is 7.13. The number of anilines is 1. The van der Waals surface area contributed by atoms with Gasteiger partial charge >= 0.3 is 0 Å². The summed E-state index contributed by atoms with van der Waals surface area (Å²) in [7, 11) is 0. The molecule has 112 valence electrons. The summed E-state index contributed by atoms with van der Waals surface area (Å²) in [5, 5.41) is 14.2. The van der Waals surface area contributed by atoms with Crippen molar-refractivity contribution in [3.8, 4) is 16.6 Å². The van der Waals surface area contributed by atoms with Crippen molar-refractivity contribution in [2.45, 2.75) is 18.9 Å². The van der Waals surface area contributed by atoms with Gasteiger partial charge in [-0.05, 0) is 12.8 Å². The highest BCUT2D eigenvalue weighted by atomic mass is 32.1. The average Bonchev–Trinajstić information content (AvgIpc) is 3.22. The van der Waals surface area contributed by atoms with Crippen molar-refractivity contribution in [1.82, 2.24) is 10.3 Å². The summed E-state index contributed by atoms with van der Waals surface area (Å²) in [6.45, 7) is 0.873. The van der Waals surface area contributed by atoms with E-state index in [9.17, 15) is 4.79 Å². The molecular formula is C16H16N4OS. The molecule has 0 aliphatic carbocycles. The number of nitrogens with one attached hydrogen (secondary N) is 1. The minimum Gasteiger partial charge on any atom is -0.344 e. The van der Waals surface area contributed by atoms with E-state index in [1.165, 1.54) is 0 Å². The highest BCUT2D eigenvalue weighted by Gasteiger charge is 2.32. The second kappa shape index (κ2) is 6.58. The van der Waals surface area contributed by atoms with Gasteiger partial charge in [-0.2, -0.15) is 5.26 Å². The lowest BCUT2D eigenvalue weighted by Gasteiger charge is -2.23. The molecule has 22 heavy (non-hydrogen) atoms. The third-order valence-corrected chi connectivity index (χ3v) is 4.58. The Labute approximate surface area is 133 Å². The summed E-state index contributed by atoms with van der Waals surface area (Å²) in [5.41, 5.74) is 1.09. The zero-order valence-corrected chi connectivity index (χ0v) is 12.8. The molecule has 0 spiro atoms. The van der Waals surface area contributed by atoms with Crippen LogP contribution in [0.25, 0.3) is 10.6 Å². The minimum atomic E-state index is -0.223. The largest absolute Gasteiger partial charge is 0.344 e. The molecule has 1 fully saturated rings. The van der Waals surface area contributed by atoms with Crippen LogP contribution in [0, 0.1) is 11.3 Å². The number of rotatable bonds is 4. The van der Waals surface area contributed by atoms with Crippen molar-refractivity contribution in [2.24, 2.45) is 0 Å². The molecule has 1 aliphatic rings. The van der Waals surface area contributed by atoms with Gasteiger partial charge in [0, 0.05) is 17.5 Å². The maximum Gasteiger partial charge on any atom is 0.243 e. The Morgan fingerprint density at radius 3 is 3.05 bits per heavy atom. The number of thiazole rings is 1. The van der Waals surface area contributed by atoms with Gasteiger partial charge in [0.25, 0.3) is 0 Å². The van der Waals surface area contributed by atoms with Crippen LogP contribution in [0.15, 0.2) is 35.7 Å². The lowest BCUT2D eigenvalue weighted by molar-refractivity contribution is -0.121. The fraction of sp³-hybridized carbons (Fsp3) is 0.312. The van der Waals surface area contributed by atoms with E-state index >= 15 is 0 Å². The van der Waals surface area contributed by atoms with Crippen LogP contribution in [0.1, 0.15) is 12.8 Å². The predicted octanol–water partition coefficient (Wildman–Crippen LogP) is 2.42. The van der Waals surface area contributed by atoms with Gasteiger partial charge in [-0.15, -0.1) is 11.3 Å². The molecule has 0 unspecified atom stereocenters. The maximum atomic E-state index is 12.1. The summed E-state index contributed by atoms with van der Waals surface area (Å²) in [6, 6.07) is 11.7. The second-order valence-corrected chi connectivity index (χ2v) is 5.96. The first kappa shape index (κ1) is 14.5. The number of benzene rings is 1. The first-order valence-corrected chi connectivity index (χ1v) is 8.10. The van der Waals surface area contributed by atoms with Gasteiger partial charge in [0.05, 0.1) is 6.07 Å². The van der Waals surface area contributed by atoms with E-state index in [1.54, 1.807) is 11.3 Å². The van der Waals surface area contributed by atoms with Gasteiger partial charge in [0.1, 0.15) is 23.4 Å². The van der Waals surface area contributed by atoms with Crippen LogP contribution in [0.2, 0.25) is 0 Å². The molecule has 1 amide bonds. The number of nitriles is 1. The number of aromatic nitrogens is 1. The SMILES string of the molecule is N#CCNC(=O)[C@@H]1CCCN1c1csc(-c2ccccc2)n1. The van der Waals surface area contributed by atoms with E-state index in [0.29, 0.717) is 0 Å². The minimum absolute atomic E-state index is 0.0511. The lowest BCUT2D eigenvalue weighted by atomic mass is 10.2. The summed E-state index contributed by atoms with van der Waals surface area (Å²) < 4.78 is 0. The third-order valence-electron chi connectivity index (χ3n) is 3.70. The molecule has 1 aromatic carbocycles. The first-order chi connectivity index (χ1) is 10.8. The van der Waals surface area contributed by atoms with Gasteiger partial charge in [-0.3, -0.25) is 4.79 Å². The fourth-order valence-corrected chi connectivity index (χ4v) is 3.49. The standard InChI is InChI=1S/C16H16N4OS/c17-8-9-18-15(21)13-7-4-10-20(13)14-11-22-16(19-14)12-5-2-1-3-6-12/h1-3,5-6,11,13H,4,7,9-10H2,(H,18,21)/t13-/m0/s1. The summed E-state index contributed by atoms with van der Waals surface area (Å²) in [4.78, 5) is 18.8. The van der Waals surface area contributed by atoms with E-state index in [0.717, 1.165) is 35.8 Å². The quantitative estimate of drug-likeness (QED) is 0.880. The number of hydrogen-bond acceptors (Lipinski definition) is 5. The van der Waals surface area contributed by atoms with Gasteiger partial charge in [0.15, 0.2) is 0 Å². The normalized spacial score (nSPS) is 17.2. The van der Waals surface area contributed by atoms with Crippen LogP contribution >= 0.6 is 11.3 Å². The summed E-state index contributed by atoms with van der Waals surface area (Å²) >= 11 is 1.58. The third kappa shape index (κ3) is 2.95. The molecule has 3 rings (SSSR count). The van der Waals surface area contributed by atoms with E-state index in [1.807, 2.05) is 46.7 Å². The van der Waals surface area contributed by atoms with Crippen molar-refractivity contribution < 1.29 is 4.79 Å². The smallest absolute Gasteiger partial charge is 0.243 e. The number of carbonyl (C=O) groups excluding carboxylic acids is 1. The van der Waals surface area contributed by atoms with Crippen LogP contribution in [0.4, 0.5) is 5.82 Å². The number of carbonyl (C=O) groups is 1. The number of nitrogens with zero attached hydrogens (tertiary/aromatic N) is 3. The van der Waals surface area contributed by atoms with Crippen LogP contribution in [0.5, 0.6) is 0 Å². The average molecular weight is 312 g/mol. The van der Waals surface area contributed by atoms with Crippen LogP contribution in [-0.4, -0.2) is 30.0 Å². The molecule has 2 heterocycles. The van der Waals surface area contributed by atoms with E-state index in [-0.39, 0.29) is 18.5 Å². The molecule has 0 saturated carbocycles. The maximum absolute atomic E-state index is 12.1. The molecule has 1 N–H and O–H groups in total. The Balaban J connectivity index is 1.78. The zero-order chi connectivity index (χ0) is 15.4. The van der Waals surface area contributed by atoms with Gasteiger partial charge < -0.3 is 10.2 Å². The molecule has 2 aromatic rings. The van der Waals surface area contributed by atoms with Crippen LogP contribution < -0.4 is 10.2 Å². The molecule has 5 nitrogen and oxygen atoms in total. The molecule has 1 saturated heterocycles. The fourth-order valence-electron chi connectivity index (χ4n) is 2.67. The van der Waals surface area contributed by atoms with Gasteiger partial charge in [-0.1, -0.05) is 30.3 Å². The Morgan fingerprint density at radius 1 is 1.45 bits per heavy atom.